The van der Waals surface area contributed by atoms with Gasteiger partial charge in [0.1, 0.15) is 12.4 Å². The zero-order valence-corrected chi connectivity index (χ0v) is 7.01. The van der Waals surface area contributed by atoms with Gasteiger partial charge in [0.05, 0.1) is 7.11 Å². The summed E-state index contributed by atoms with van der Waals surface area (Å²) in [6.07, 6.45) is 0. The van der Waals surface area contributed by atoms with Gasteiger partial charge >= 0.3 is 0 Å². The third-order valence-corrected chi connectivity index (χ3v) is 1.75. The maximum atomic E-state index is 12.4. The van der Waals surface area contributed by atoms with Crippen molar-refractivity contribution in [2.24, 2.45) is 5.73 Å². The Hall–Kier alpha value is -1.09. The van der Waals surface area contributed by atoms with Crippen LogP contribution in [0.2, 0.25) is 0 Å². The van der Waals surface area contributed by atoms with Crippen molar-refractivity contribution in [3.63, 3.8) is 0 Å². The van der Waals surface area contributed by atoms with Crippen LogP contribution in [0.25, 0.3) is 0 Å². The molecular weight excluding hydrogens is 157 g/mol. The lowest BCUT2D eigenvalue weighted by Gasteiger charge is -2.09. The van der Waals surface area contributed by atoms with Crippen molar-refractivity contribution in [2.75, 3.05) is 7.11 Å². The van der Waals surface area contributed by atoms with Crippen LogP contribution >= 0.6 is 0 Å². The molecule has 0 spiro atoms. The van der Waals surface area contributed by atoms with Crippen molar-refractivity contribution in [1.29, 1.82) is 0 Å². The van der Waals surface area contributed by atoms with Gasteiger partial charge in [-0.1, -0.05) is 18.2 Å². The summed E-state index contributed by atoms with van der Waals surface area (Å²) < 4.78 is 17.4. The second-order valence-corrected chi connectivity index (χ2v) is 2.45. The van der Waals surface area contributed by atoms with Crippen molar-refractivity contribution < 1.29 is 9.13 Å². The lowest BCUT2D eigenvalue weighted by Crippen LogP contribution is -2.01. The Morgan fingerprint density at radius 1 is 1.42 bits per heavy atom. The number of hydrogen-bond donors (Lipinski definition) is 1. The van der Waals surface area contributed by atoms with E-state index in [1.54, 1.807) is 12.1 Å². The second kappa shape index (κ2) is 4.07. The zero-order chi connectivity index (χ0) is 8.97. The van der Waals surface area contributed by atoms with Gasteiger partial charge < -0.3 is 10.5 Å². The number of para-hydroxylation sites is 1. The lowest BCUT2D eigenvalue weighted by molar-refractivity contribution is 0.389. The molecule has 66 valence electrons. The van der Waals surface area contributed by atoms with Crippen LogP contribution in [-0.4, -0.2) is 7.11 Å². The zero-order valence-electron chi connectivity index (χ0n) is 7.01. The Kier molecular flexibility index (Phi) is 3.05. The molecule has 0 heterocycles. The summed E-state index contributed by atoms with van der Waals surface area (Å²) in [7, 11) is 1.52. The predicted octanol–water partition coefficient (Wildman–Crippen LogP) is 1.62. The van der Waals surface area contributed by atoms with Gasteiger partial charge in [-0.2, -0.15) is 0 Å². The Balaban J connectivity index is 3.13. The summed E-state index contributed by atoms with van der Waals surface area (Å²) in [6.45, 7) is -0.145. The molecule has 3 heteroatoms. The van der Waals surface area contributed by atoms with Crippen LogP contribution in [0.5, 0.6) is 5.75 Å². The van der Waals surface area contributed by atoms with E-state index in [9.17, 15) is 4.39 Å². The maximum absolute atomic E-state index is 12.4. The molecule has 0 saturated carbocycles. The molecule has 0 aliphatic heterocycles. The molecule has 2 N–H and O–H groups in total. The second-order valence-electron chi connectivity index (χ2n) is 2.45. The van der Waals surface area contributed by atoms with Crippen LogP contribution < -0.4 is 10.5 Å². The van der Waals surface area contributed by atoms with Gasteiger partial charge in [0.2, 0.25) is 0 Å². The average molecular weight is 169 g/mol. The Labute approximate surface area is 71.1 Å². The monoisotopic (exact) mass is 169 g/mol. The molecular formula is C9H12FNO. The van der Waals surface area contributed by atoms with E-state index in [2.05, 4.69) is 0 Å². The molecule has 0 saturated heterocycles. The molecule has 0 radical (unpaired) electrons. The topological polar surface area (TPSA) is 35.2 Å². The number of nitrogens with two attached hydrogens (primary N) is 1. The quantitative estimate of drug-likeness (QED) is 0.746. The minimum absolute atomic E-state index is 0.372. The summed E-state index contributed by atoms with van der Waals surface area (Å²) in [4.78, 5) is 0. The SMILES string of the molecule is COc1c(CN)cccc1CF. The molecule has 0 unspecified atom stereocenters. The van der Waals surface area contributed by atoms with Crippen LogP contribution in [0, 0.1) is 0 Å². The Morgan fingerprint density at radius 3 is 2.58 bits per heavy atom. The smallest absolute Gasteiger partial charge is 0.129 e. The highest BCUT2D eigenvalue weighted by Crippen LogP contribution is 2.23. The highest BCUT2D eigenvalue weighted by molar-refractivity contribution is 5.41. The first-order valence-corrected chi connectivity index (χ1v) is 3.74. The molecule has 0 aromatic heterocycles. The van der Waals surface area contributed by atoms with E-state index < -0.39 is 6.67 Å². The predicted molar refractivity (Wildman–Crippen MR) is 45.7 cm³/mol. The molecule has 1 rings (SSSR count). The van der Waals surface area contributed by atoms with E-state index in [0.717, 1.165) is 5.56 Å². The number of benzene rings is 1. The van der Waals surface area contributed by atoms with Crippen LogP contribution in [0.3, 0.4) is 0 Å². The lowest BCUT2D eigenvalue weighted by atomic mass is 10.1. The summed E-state index contributed by atoms with van der Waals surface area (Å²) in [5.41, 5.74) is 6.84. The van der Waals surface area contributed by atoms with Crippen molar-refractivity contribution in [1.82, 2.24) is 0 Å². The van der Waals surface area contributed by atoms with Crippen molar-refractivity contribution >= 4 is 0 Å². The first-order chi connectivity index (χ1) is 5.83. The molecule has 1 aromatic rings. The van der Waals surface area contributed by atoms with Crippen LogP contribution in [-0.2, 0) is 13.2 Å². The third-order valence-electron chi connectivity index (χ3n) is 1.75. The number of hydrogen-bond acceptors (Lipinski definition) is 2. The number of ether oxygens (including phenoxy) is 1. The number of alkyl halides is 1. The van der Waals surface area contributed by atoms with E-state index in [-0.39, 0.29) is 0 Å². The Morgan fingerprint density at radius 2 is 2.08 bits per heavy atom. The Bertz CT molecular complexity index is 240. The van der Waals surface area contributed by atoms with E-state index in [1.807, 2.05) is 6.07 Å². The normalized spacial score (nSPS) is 9.92. The molecule has 0 amide bonds. The molecule has 0 aliphatic rings. The van der Waals surface area contributed by atoms with Crippen LogP contribution in [0.4, 0.5) is 4.39 Å². The van der Waals surface area contributed by atoms with E-state index in [0.29, 0.717) is 17.9 Å². The molecule has 0 atom stereocenters. The van der Waals surface area contributed by atoms with Gasteiger partial charge in [-0.25, -0.2) is 4.39 Å². The summed E-state index contributed by atoms with van der Waals surface area (Å²) in [5, 5.41) is 0. The first kappa shape index (κ1) is 9.00. The highest BCUT2D eigenvalue weighted by Gasteiger charge is 2.06. The van der Waals surface area contributed by atoms with Gasteiger partial charge in [-0.15, -0.1) is 0 Å². The van der Waals surface area contributed by atoms with Crippen molar-refractivity contribution in [2.45, 2.75) is 13.2 Å². The highest BCUT2D eigenvalue weighted by atomic mass is 19.1. The molecule has 0 aliphatic carbocycles. The minimum atomic E-state index is -0.517. The fourth-order valence-electron chi connectivity index (χ4n) is 1.17. The first-order valence-electron chi connectivity index (χ1n) is 3.74. The van der Waals surface area contributed by atoms with Gasteiger partial charge in [0.25, 0.3) is 0 Å². The van der Waals surface area contributed by atoms with Crippen LogP contribution in [0.15, 0.2) is 18.2 Å². The summed E-state index contributed by atoms with van der Waals surface area (Å²) in [6, 6.07) is 5.30. The van der Waals surface area contributed by atoms with Gasteiger partial charge in [-0.3, -0.25) is 0 Å². The van der Waals surface area contributed by atoms with E-state index >= 15 is 0 Å². The summed E-state index contributed by atoms with van der Waals surface area (Å²) >= 11 is 0. The average Bonchev–Trinajstić information content (AvgIpc) is 2.16. The van der Waals surface area contributed by atoms with Gasteiger partial charge in [-0.05, 0) is 0 Å². The van der Waals surface area contributed by atoms with Crippen LogP contribution in [0.1, 0.15) is 11.1 Å². The third kappa shape index (κ3) is 1.56. The largest absolute Gasteiger partial charge is 0.496 e. The molecule has 2 nitrogen and oxygen atoms in total. The van der Waals surface area contributed by atoms with Crippen molar-refractivity contribution in [3.05, 3.63) is 29.3 Å². The molecule has 0 bridgehead atoms. The maximum Gasteiger partial charge on any atom is 0.129 e. The van der Waals surface area contributed by atoms with Gasteiger partial charge in [0.15, 0.2) is 0 Å². The van der Waals surface area contributed by atoms with E-state index in [4.69, 9.17) is 10.5 Å². The van der Waals surface area contributed by atoms with Crippen molar-refractivity contribution in [3.8, 4) is 5.75 Å². The standard InChI is InChI=1S/C9H12FNO/c1-12-9-7(5-10)3-2-4-8(9)6-11/h2-4H,5-6,11H2,1H3. The number of methoxy groups -OCH3 is 1. The van der Waals surface area contributed by atoms with Gasteiger partial charge in [0, 0.05) is 17.7 Å². The molecule has 12 heavy (non-hydrogen) atoms. The summed E-state index contributed by atoms with van der Waals surface area (Å²) in [5.74, 6) is 0.572. The minimum Gasteiger partial charge on any atom is -0.496 e. The molecule has 0 fully saturated rings. The fourth-order valence-corrected chi connectivity index (χ4v) is 1.17. The number of halogens is 1. The van der Waals surface area contributed by atoms with E-state index in [1.165, 1.54) is 7.11 Å². The number of rotatable bonds is 3. The fraction of sp³-hybridized carbons (Fsp3) is 0.333. The molecule has 1 aromatic carbocycles.